The molecule has 2 atom stereocenters. The Balaban J connectivity index is 1.57. The van der Waals surface area contributed by atoms with E-state index in [4.69, 9.17) is 4.74 Å². The highest BCUT2D eigenvalue weighted by atomic mass is 19.4. The van der Waals surface area contributed by atoms with Crippen LogP contribution in [-0.2, 0) is 10.9 Å². The zero-order valence-electron chi connectivity index (χ0n) is 16.2. The second-order valence-corrected chi connectivity index (χ2v) is 7.41. The van der Waals surface area contributed by atoms with Crippen LogP contribution in [0.25, 0.3) is 5.78 Å². The second kappa shape index (κ2) is 7.62. The number of alkyl halides is 3. The lowest BCUT2D eigenvalue weighted by molar-refractivity contribution is -0.144. The maximum Gasteiger partial charge on any atom is 0.453 e. The molecule has 3 heterocycles. The quantitative estimate of drug-likeness (QED) is 0.700. The molecule has 0 amide bonds. The standard InChI is InChI=1S/C20H22F3N5O/c1-12-5-7-14(8-6-12)17-15(4-3-9-29-17)11-24-16-10-13(2)25-19-26-18(20(21,22)23)27-28(16)19/h5-8,10,15,17,24H,3-4,9,11H2,1-2H3. The number of rotatable bonds is 4. The Morgan fingerprint density at radius 1 is 1.17 bits per heavy atom. The molecule has 0 bridgehead atoms. The first-order chi connectivity index (χ1) is 13.8. The fraction of sp³-hybridized carbons (Fsp3) is 0.450. The van der Waals surface area contributed by atoms with E-state index >= 15 is 0 Å². The van der Waals surface area contributed by atoms with E-state index in [-0.39, 0.29) is 17.8 Å². The fourth-order valence-electron chi connectivity index (χ4n) is 3.65. The third-order valence-corrected chi connectivity index (χ3v) is 5.09. The summed E-state index contributed by atoms with van der Waals surface area (Å²) in [6, 6.07) is 9.93. The summed E-state index contributed by atoms with van der Waals surface area (Å²) in [5.41, 5.74) is 2.86. The van der Waals surface area contributed by atoms with Crippen molar-refractivity contribution in [3.8, 4) is 0 Å². The number of ether oxygens (including phenoxy) is 1. The zero-order valence-corrected chi connectivity index (χ0v) is 16.2. The lowest BCUT2D eigenvalue weighted by Crippen LogP contribution is -2.28. The third kappa shape index (κ3) is 4.19. The number of hydrogen-bond acceptors (Lipinski definition) is 5. The Kier molecular flexibility index (Phi) is 5.16. The van der Waals surface area contributed by atoms with Crippen molar-refractivity contribution in [2.45, 2.75) is 39.0 Å². The molecule has 0 aliphatic carbocycles. The van der Waals surface area contributed by atoms with Crippen molar-refractivity contribution < 1.29 is 17.9 Å². The average Bonchev–Trinajstić information content (AvgIpc) is 3.11. The molecule has 154 valence electrons. The molecule has 0 saturated carbocycles. The number of nitrogens with zero attached hydrogens (tertiary/aromatic N) is 4. The highest BCUT2D eigenvalue weighted by Crippen LogP contribution is 2.34. The van der Waals surface area contributed by atoms with Crippen LogP contribution in [0.5, 0.6) is 0 Å². The van der Waals surface area contributed by atoms with Crippen molar-refractivity contribution in [1.82, 2.24) is 19.6 Å². The minimum absolute atomic E-state index is 0.0586. The van der Waals surface area contributed by atoms with E-state index in [0.717, 1.165) is 22.9 Å². The van der Waals surface area contributed by atoms with Gasteiger partial charge in [0, 0.05) is 30.8 Å². The Morgan fingerprint density at radius 3 is 2.66 bits per heavy atom. The molecule has 29 heavy (non-hydrogen) atoms. The molecule has 4 rings (SSSR count). The van der Waals surface area contributed by atoms with Gasteiger partial charge in [0.15, 0.2) is 0 Å². The highest BCUT2D eigenvalue weighted by molar-refractivity contribution is 5.45. The molecule has 6 nitrogen and oxygen atoms in total. The highest BCUT2D eigenvalue weighted by Gasteiger charge is 2.37. The Hall–Kier alpha value is -2.68. The van der Waals surface area contributed by atoms with E-state index in [1.165, 1.54) is 5.56 Å². The van der Waals surface area contributed by atoms with Gasteiger partial charge in [-0.15, -0.1) is 5.10 Å². The summed E-state index contributed by atoms with van der Waals surface area (Å²) in [7, 11) is 0. The number of fused-ring (bicyclic) bond motifs is 1. The predicted octanol–water partition coefficient (Wildman–Crippen LogP) is 4.34. The number of halogens is 3. The summed E-state index contributed by atoms with van der Waals surface area (Å²) >= 11 is 0. The molecule has 1 saturated heterocycles. The van der Waals surface area contributed by atoms with Crippen LogP contribution in [0.1, 0.15) is 41.6 Å². The fourth-order valence-corrected chi connectivity index (χ4v) is 3.65. The van der Waals surface area contributed by atoms with Gasteiger partial charge in [0.05, 0.1) is 6.10 Å². The van der Waals surface area contributed by atoms with Gasteiger partial charge in [-0.25, -0.2) is 4.98 Å². The molecule has 2 unspecified atom stereocenters. The normalized spacial score (nSPS) is 20.2. The van der Waals surface area contributed by atoms with Crippen LogP contribution in [0.2, 0.25) is 0 Å². The van der Waals surface area contributed by atoms with E-state index in [2.05, 4.69) is 44.6 Å². The molecule has 0 radical (unpaired) electrons. The van der Waals surface area contributed by atoms with E-state index in [1.807, 2.05) is 6.92 Å². The summed E-state index contributed by atoms with van der Waals surface area (Å²) in [5, 5.41) is 6.85. The first-order valence-electron chi connectivity index (χ1n) is 9.55. The molecule has 1 aliphatic rings. The smallest absolute Gasteiger partial charge is 0.373 e. The van der Waals surface area contributed by atoms with E-state index in [1.54, 1.807) is 13.0 Å². The van der Waals surface area contributed by atoms with Crippen molar-refractivity contribution in [3.63, 3.8) is 0 Å². The van der Waals surface area contributed by atoms with Crippen LogP contribution >= 0.6 is 0 Å². The molecule has 1 N–H and O–H groups in total. The van der Waals surface area contributed by atoms with E-state index in [0.29, 0.717) is 24.7 Å². The van der Waals surface area contributed by atoms with E-state index in [9.17, 15) is 13.2 Å². The molecule has 2 aromatic heterocycles. The van der Waals surface area contributed by atoms with Crippen molar-refractivity contribution in [3.05, 3.63) is 53.0 Å². The SMILES string of the molecule is Cc1ccc(C2OCCCC2CNc2cc(C)nc3nc(C(F)(F)F)nn23)cc1. The third-order valence-electron chi connectivity index (χ3n) is 5.09. The van der Waals surface area contributed by atoms with Crippen LogP contribution in [0.15, 0.2) is 30.3 Å². The first kappa shape index (κ1) is 19.6. The molecule has 1 fully saturated rings. The second-order valence-electron chi connectivity index (χ2n) is 7.41. The van der Waals surface area contributed by atoms with Crippen molar-refractivity contribution in [2.24, 2.45) is 5.92 Å². The molecular formula is C20H22F3N5O. The molecule has 9 heteroatoms. The Labute approximate surface area is 166 Å². The predicted molar refractivity (Wildman–Crippen MR) is 102 cm³/mol. The Bertz CT molecular complexity index is 1000. The van der Waals surface area contributed by atoms with Crippen LogP contribution in [0.3, 0.4) is 0 Å². The first-order valence-corrected chi connectivity index (χ1v) is 9.55. The van der Waals surface area contributed by atoms with Gasteiger partial charge in [-0.1, -0.05) is 29.8 Å². The summed E-state index contributed by atoms with van der Waals surface area (Å²) in [6.45, 7) is 4.99. The maximum atomic E-state index is 13.0. The van der Waals surface area contributed by atoms with Crippen molar-refractivity contribution in [2.75, 3.05) is 18.5 Å². The van der Waals surface area contributed by atoms with Crippen LogP contribution in [0, 0.1) is 19.8 Å². The van der Waals surface area contributed by atoms with Gasteiger partial charge in [0.25, 0.3) is 11.6 Å². The minimum atomic E-state index is -4.62. The largest absolute Gasteiger partial charge is 0.453 e. The maximum absolute atomic E-state index is 13.0. The van der Waals surface area contributed by atoms with Crippen molar-refractivity contribution >= 4 is 11.6 Å². The summed E-state index contributed by atoms with van der Waals surface area (Å²) < 4.78 is 46.1. The molecule has 1 aromatic carbocycles. The summed E-state index contributed by atoms with van der Waals surface area (Å²) in [4.78, 5) is 7.58. The van der Waals surface area contributed by atoms with Gasteiger partial charge in [-0.3, -0.25) is 0 Å². The van der Waals surface area contributed by atoms with Crippen LogP contribution < -0.4 is 5.32 Å². The Morgan fingerprint density at radius 2 is 1.93 bits per heavy atom. The van der Waals surface area contributed by atoms with Crippen LogP contribution in [0.4, 0.5) is 19.0 Å². The molecule has 1 aliphatic heterocycles. The summed E-state index contributed by atoms with van der Waals surface area (Å²) in [6.07, 6.45) is -2.77. The van der Waals surface area contributed by atoms with Crippen LogP contribution in [-0.4, -0.2) is 32.7 Å². The number of nitrogens with one attached hydrogen (secondary N) is 1. The van der Waals surface area contributed by atoms with Gasteiger partial charge in [-0.2, -0.15) is 22.7 Å². The van der Waals surface area contributed by atoms with Gasteiger partial charge >= 0.3 is 6.18 Å². The van der Waals surface area contributed by atoms with Gasteiger partial charge in [-0.05, 0) is 32.3 Å². The number of aryl methyl sites for hydroxylation is 2. The minimum Gasteiger partial charge on any atom is -0.373 e. The molecule has 3 aromatic rings. The average molecular weight is 405 g/mol. The molecular weight excluding hydrogens is 383 g/mol. The lowest BCUT2D eigenvalue weighted by atomic mass is 9.89. The van der Waals surface area contributed by atoms with E-state index < -0.39 is 12.0 Å². The van der Waals surface area contributed by atoms with Gasteiger partial charge in [0.1, 0.15) is 5.82 Å². The number of benzene rings is 1. The summed E-state index contributed by atoms with van der Waals surface area (Å²) in [5.74, 6) is -0.656. The topological polar surface area (TPSA) is 64.3 Å². The number of aromatic nitrogens is 4. The number of anilines is 1. The van der Waals surface area contributed by atoms with Crippen molar-refractivity contribution in [1.29, 1.82) is 0 Å². The lowest BCUT2D eigenvalue weighted by Gasteiger charge is -2.32. The monoisotopic (exact) mass is 405 g/mol. The zero-order chi connectivity index (χ0) is 20.6. The van der Waals surface area contributed by atoms with Gasteiger partial charge in [0.2, 0.25) is 0 Å². The number of hydrogen-bond donors (Lipinski definition) is 1. The molecule has 0 spiro atoms. The van der Waals surface area contributed by atoms with Gasteiger partial charge < -0.3 is 10.1 Å².